The number of aromatic nitrogens is 4. The van der Waals surface area contributed by atoms with Crippen LogP contribution in [0.2, 0.25) is 0 Å². The Labute approximate surface area is 190 Å². The summed E-state index contributed by atoms with van der Waals surface area (Å²) in [5.74, 6) is 0.865. The Hall–Kier alpha value is -4.39. The number of benzene rings is 2. The molecule has 0 bridgehead atoms. The topological polar surface area (TPSA) is 98.8 Å². The van der Waals surface area contributed by atoms with Crippen molar-refractivity contribution in [2.75, 3.05) is 0 Å². The van der Waals surface area contributed by atoms with Crippen LogP contribution in [0.15, 0.2) is 91.6 Å². The zero-order valence-electron chi connectivity index (χ0n) is 17.9. The molecule has 0 amide bonds. The van der Waals surface area contributed by atoms with Crippen molar-refractivity contribution in [3.63, 3.8) is 0 Å². The van der Waals surface area contributed by atoms with E-state index in [0.29, 0.717) is 28.8 Å². The van der Waals surface area contributed by atoms with Crippen molar-refractivity contribution >= 4 is 22.4 Å². The first-order chi connectivity index (χ1) is 16.1. The van der Waals surface area contributed by atoms with Gasteiger partial charge in [0.05, 0.1) is 23.3 Å². The number of nitrogens with one attached hydrogen (secondary N) is 1. The Morgan fingerprint density at radius 3 is 2.67 bits per heavy atom. The first kappa shape index (κ1) is 20.5. The maximum atomic E-state index is 12.8. The Morgan fingerprint density at radius 2 is 1.94 bits per heavy atom. The molecule has 0 unspecified atom stereocenters. The van der Waals surface area contributed by atoms with Crippen molar-refractivity contribution in [1.29, 1.82) is 0 Å². The van der Waals surface area contributed by atoms with Crippen LogP contribution in [-0.4, -0.2) is 25.5 Å². The van der Waals surface area contributed by atoms with Crippen LogP contribution in [0.3, 0.4) is 0 Å². The van der Waals surface area contributed by atoms with Crippen molar-refractivity contribution in [2.45, 2.75) is 18.9 Å². The maximum Gasteiger partial charge on any atom is 0.228 e. The van der Waals surface area contributed by atoms with Gasteiger partial charge in [-0.25, -0.2) is 4.98 Å². The monoisotopic (exact) mass is 437 g/mol. The van der Waals surface area contributed by atoms with Crippen LogP contribution in [0, 0.1) is 0 Å². The summed E-state index contributed by atoms with van der Waals surface area (Å²) < 4.78 is 7.86. The lowest BCUT2D eigenvalue weighted by atomic mass is 10.1. The molecule has 0 aliphatic heterocycles. The molecule has 0 atom stereocenters. The van der Waals surface area contributed by atoms with E-state index in [1.165, 1.54) is 0 Å². The van der Waals surface area contributed by atoms with Crippen molar-refractivity contribution in [1.82, 2.24) is 19.7 Å². The van der Waals surface area contributed by atoms with E-state index in [1.54, 1.807) is 42.6 Å². The number of nitrogens with two attached hydrogens (primary N) is 1. The molecule has 1 fully saturated rings. The van der Waals surface area contributed by atoms with E-state index in [0.717, 1.165) is 29.4 Å². The predicted octanol–water partition coefficient (Wildman–Crippen LogP) is 4.77. The zero-order chi connectivity index (χ0) is 22.8. The summed E-state index contributed by atoms with van der Waals surface area (Å²) in [6, 6.07) is 14.8. The fourth-order valence-electron chi connectivity index (χ4n) is 3.55. The van der Waals surface area contributed by atoms with Gasteiger partial charge >= 0.3 is 0 Å². The third-order valence-corrected chi connectivity index (χ3v) is 5.45. The molecule has 1 saturated carbocycles. The molecule has 5 rings (SSSR count). The summed E-state index contributed by atoms with van der Waals surface area (Å²) in [6.07, 6.45) is 11.4. The van der Waals surface area contributed by atoms with E-state index in [4.69, 9.17) is 10.5 Å². The van der Waals surface area contributed by atoms with E-state index in [2.05, 4.69) is 21.6 Å². The van der Waals surface area contributed by atoms with Gasteiger partial charge in [-0.1, -0.05) is 30.9 Å². The fraction of sp³-hybridized carbons (Fsp3) is 0.115. The SMILES string of the molecule is C=C/C=C\C(=C(/N)Oc1ccc(C(=O)c2nc3ccccc3[nH]2)cc1)c1cnn(C2CC2)c1. The van der Waals surface area contributed by atoms with E-state index in [1.807, 2.05) is 41.2 Å². The molecule has 2 heterocycles. The number of fused-ring (bicyclic) bond motifs is 1. The van der Waals surface area contributed by atoms with Gasteiger partial charge in [-0.2, -0.15) is 5.10 Å². The van der Waals surface area contributed by atoms with Crippen LogP contribution in [0.4, 0.5) is 0 Å². The number of carbonyl (C=O) groups is 1. The van der Waals surface area contributed by atoms with Crippen molar-refractivity contribution in [3.8, 4) is 5.75 Å². The van der Waals surface area contributed by atoms with Gasteiger partial charge in [0, 0.05) is 22.9 Å². The lowest BCUT2D eigenvalue weighted by Crippen LogP contribution is -2.09. The molecule has 1 aliphatic rings. The number of H-pyrrole nitrogens is 1. The molecule has 2 aromatic carbocycles. The van der Waals surface area contributed by atoms with Crippen LogP contribution >= 0.6 is 0 Å². The van der Waals surface area contributed by atoms with Crippen LogP contribution in [-0.2, 0) is 0 Å². The number of allylic oxidation sites excluding steroid dienone is 4. The Morgan fingerprint density at radius 1 is 1.15 bits per heavy atom. The molecule has 164 valence electrons. The quantitative estimate of drug-likeness (QED) is 0.235. The fourth-order valence-corrected chi connectivity index (χ4v) is 3.55. The molecule has 3 N–H and O–H groups in total. The summed E-state index contributed by atoms with van der Waals surface area (Å²) in [4.78, 5) is 20.3. The van der Waals surface area contributed by atoms with Gasteiger partial charge in [0.25, 0.3) is 0 Å². The summed E-state index contributed by atoms with van der Waals surface area (Å²) in [5, 5.41) is 4.44. The zero-order valence-corrected chi connectivity index (χ0v) is 17.9. The van der Waals surface area contributed by atoms with Gasteiger partial charge in [0.1, 0.15) is 5.75 Å². The Bertz CT molecular complexity index is 1350. The minimum atomic E-state index is -0.191. The molecule has 33 heavy (non-hydrogen) atoms. The van der Waals surface area contributed by atoms with Gasteiger partial charge in [-0.3, -0.25) is 9.48 Å². The van der Waals surface area contributed by atoms with Gasteiger partial charge in [0.2, 0.25) is 5.78 Å². The number of ketones is 1. The standard InChI is InChI=1S/C26H23N5O2/c1-2-3-6-21(18-15-28-31(16-18)19-11-12-19)25(27)33-20-13-9-17(10-14-20)24(32)26-29-22-7-4-5-8-23(22)30-26/h2-10,13-16,19H,1,11-12,27H2,(H,29,30)/b6-3-,25-21-. The van der Waals surface area contributed by atoms with Gasteiger partial charge in [0.15, 0.2) is 11.7 Å². The third-order valence-electron chi connectivity index (χ3n) is 5.45. The number of ether oxygens (including phenoxy) is 1. The van der Waals surface area contributed by atoms with Crippen molar-refractivity contribution < 1.29 is 9.53 Å². The molecule has 0 radical (unpaired) electrons. The molecule has 4 aromatic rings. The Kier molecular flexibility index (Phi) is 5.36. The van der Waals surface area contributed by atoms with Gasteiger partial charge < -0.3 is 15.5 Å². The molecule has 7 nitrogen and oxygen atoms in total. The van der Waals surface area contributed by atoms with Crippen LogP contribution in [0.1, 0.15) is 40.6 Å². The van der Waals surface area contributed by atoms with Gasteiger partial charge in [-0.05, 0) is 55.3 Å². The van der Waals surface area contributed by atoms with Crippen molar-refractivity contribution in [2.24, 2.45) is 5.73 Å². The van der Waals surface area contributed by atoms with E-state index in [-0.39, 0.29) is 11.7 Å². The van der Waals surface area contributed by atoms with E-state index in [9.17, 15) is 4.79 Å². The highest BCUT2D eigenvalue weighted by Crippen LogP contribution is 2.35. The lowest BCUT2D eigenvalue weighted by molar-refractivity contribution is 0.103. The molecule has 2 aromatic heterocycles. The van der Waals surface area contributed by atoms with E-state index >= 15 is 0 Å². The largest absolute Gasteiger partial charge is 0.441 e. The summed E-state index contributed by atoms with van der Waals surface area (Å²) in [5.41, 5.74) is 9.97. The highest BCUT2D eigenvalue weighted by atomic mass is 16.5. The lowest BCUT2D eigenvalue weighted by Gasteiger charge is -2.10. The maximum absolute atomic E-state index is 12.8. The van der Waals surface area contributed by atoms with Gasteiger partial charge in [-0.15, -0.1) is 0 Å². The van der Waals surface area contributed by atoms with E-state index < -0.39 is 0 Å². The van der Waals surface area contributed by atoms with Crippen LogP contribution < -0.4 is 10.5 Å². The molecule has 1 aliphatic carbocycles. The number of imidazole rings is 1. The van der Waals surface area contributed by atoms with Crippen molar-refractivity contribution in [3.05, 3.63) is 109 Å². The number of nitrogens with zero attached hydrogens (tertiary/aromatic N) is 3. The first-order valence-electron chi connectivity index (χ1n) is 10.7. The second-order valence-electron chi connectivity index (χ2n) is 7.87. The average molecular weight is 438 g/mol. The minimum Gasteiger partial charge on any atom is -0.441 e. The summed E-state index contributed by atoms with van der Waals surface area (Å²) in [7, 11) is 0. The molecule has 0 saturated heterocycles. The number of hydrogen-bond acceptors (Lipinski definition) is 5. The number of carbonyl (C=O) groups excluding carboxylic acids is 1. The normalized spacial score (nSPS) is 14.4. The second-order valence-corrected chi connectivity index (χ2v) is 7.87. The molecular weight excluding hydrogens is 414 g/mol. The Balaban J connectivity index is 1.37. The highest BCUT2D eigenvalue weighted by molar-refractivity contribution is 6.08. The average Bonchev–Trinajstić information content (AvgIpc) is 3.40. The number of aromatic amines is 1. The van der Waals surface area contributed by atoms with Crippen LogP contribution in [0.25, 0.3) is 16.6 Å². The summed E-state index contributed by atoms with van der Waals surface area (Å²) in [6.45, 7) is 3.73. The van der Waals surface area contributed by atoms with Crippen LogP contribution in [0.5, 0.6) is 5.75 Å². The predicted molar refractivity (Wildman–Crippen MR) is 128 cm³/mol. The number of rotatable bonds is 8. The number of hydrogen-bond donors (Lipinski definition) is 2. The smallest absolute Gasteiger partial charge is 0.228 e. The number of para-hydroxylation sites is 2. The summed E-state index contributed by atoms with van der Waals surface area (Å²) >= 11 is 0. The molecule has 7 heteroatoms. The second kappa shape index (κ2) is 8.63. The highest BCUT2D eigenvalue weighted by Gasteiger charge is 2.24. The molecule has 0 spiro atoms. The molecular formula is C26H23N5O2. The minimum absolute atomic E-state index is 0.191. The third kappa shape index (κ3) is 4.34. The first-order valence-corrected chi connectivity index (χ1v) is 10.7.